The Kier molecular flexibility index (Phi) is 9.06. The average molecular weight is 500 g/mol. The maximum absolute atomic E-state index is 12.5. The summed E-state index contributed by atoms with van der Waals surface area (Å²) in [5, 5.41) is 7.69. The molecule has 144 valence electrons. The number of hydrogen-bond acceptors (Lipinski definition) is 3. The average Bonchev–Trinajstić information content (AvgIpc) is 2.95. The van der Waals surface area contributed by atoms with Crippen molar-refractivity contribution in [3.05, 3.63) is 46.7 Å². The second-order valence-corrected chi connectivity index (χ2v) is 5.85. The van der Waals surface area contributed by atoms with Gasteiger partial charge in [-0.2, -0.15) is 13.9 Å². The summed E-state index contributed by atoms with van der Waals surface area (Å²) in [7, 11) is 5.37. The summed E-state index contributed by atoms with van der Waals surface area (Å²) in [5.41, 5.74) is 1.54. The SMILES string of the molecule is CN=C(NCc1cc(Cl)ccc1OC(F)F)N(C)Cc1cnn(C)c1.I. The molecule has 2 aromatic rings. The number of nitrogens with zero attached hydrogens (tertiary/aromatic N) is 4. The molecule has 0 spiro atoms. The van der Waals surface area contributed by atoms with E-state index in [1.54, 1.807) is 24.0 Å². The van der Waals surface area contributed by atoms with E-state index in [1.807, 2.05) is 25.2 Å². The van der Waals surface area contributed by atoms with Gasteiger partial charge in [0.2, 0.25) is 0 Å². The number of guanidine groups is 1. The van der Waals surface area contributed by atoms with Crippen molar-refractivity contribution in [2.45, 2.75) is 19.7 Å². The third kappa shape index (κ3) is 6.60. The largest absolute Gasteiger partial charge is 0.434 e. The molecule has 1 heterocycles. The lowest BCUT2D eigenvalue weighted by molar-refractivity contribution is -0.0504. The van der Waals surface area contributed by atoms with Crippen LogP contribution >= 0.6 is 35.6 Å². The number of halogens is 4. The minimum absolute atomic E-state index is 0. The summed E-state index contributed by atoms with van der Waals surface area (Å²) in [4.78, 5) is 6.10. The van der Waals surface area contributed by atoms with Gasteiger partial charge in [0, 0.05) is 56.6 Å². The van der Waals surface area contributed by atoms with Crippen LogP contribution in [-0.4, -0.2) is 41.3 Å². The molecular weight excluding hydrogens is 479 g/mol. The minimum atomic E-state index is -2.90. The highest BCUT2D eigenvalue weighted by Gasteiger charge is 2.13. The fourth-order valence-electron chi connectivity index (χ4n) is 2.36. The van der Waals surface area contributed by atoms with Crippen molar-refractivity contribution in [3.8, 4) is 5.75 Å². The smallest absolute Gasteiger partial charge is 0.387 e. The Morgan fingerprint density at radius 2 is 2.19 bits per heavy atom. The van der Waals surface area contributed by atoms with E-state index in [2.05, 4.69) is 20.1 Å². The van der Waals surface area contributed by atoms with Crippen LogP contribution in [-0.2, 0) is 20.1 Å². The molecule has 0 radical (unpaired) electrons. The van der Waals surface area contributed by atoms with E-state index in [-0.39, 0.29) is 36.3 Å². The Morgan fingerprint density at radius 1 is 1.46 bits per heavy atom. The number of alkyl halides is 2. The molecule has 0 aliphatic rings. The number of aliphatic imine (C=N–C) groups is 1. The molecular formula is C16H21ClF2IN5O. The lowest BCUT2D eigenvalue weighted by Crippen LogP contribution is -2.38. The third-order valence-electron chi connectivity index (χ3n) is 3.43. The molecule has 0 atom stereocenters. The van der Waals surface area contributed by atoms with Crippen molar-refractivity contribution in [3.63, 3.8) is 0 Å². The zero-order valence-electron chi connectivity index (χ0n) is 14.6. The molecule has 0 fully saturated rings. The molecule has 0 unspecified atom stereocenters. The maximum Gasteiger partial charge on any atom is 0.387 e. The zero-order valence-corrected chi connectivity index (χ0v) is 17.7. The van der Waals surface area contributed by atoms with Crippen LogP contribution in [0.5, 0.6) is 5.75 Å². The van der Waals surface area contributed by atoms with Gasteiger partial charge in [-0.05, 0) is 18.2 Å². The number of aromatic nitrogens is 2. The number of rotatable bonds is 6. The standard InChI is InChI=1S/C16H20ClF2N5O.HI/c1-20-16(23(2)9-11-7-22-24(3)10-11)21-8-12-6-13(17)4-5-14(12)25-15(18)19;/h4-7,10,15H,8-9H2,1-3H3,(H,20,21);1H. The molecule has 10 heteroatoms. The van der Waals surface area contributed by atoms with E-state index < -0.39 is 6.61 Å². The van der Waals surface area contributed by atoms with E-state index in [9.17, 15) is 8.78 Å². The predicted octanol–water partition coefficient (Wildman–Crippen LogP) is 3.50. The summed E-state index contributed by atoms with van der Waals surface area (Å²) in [6.45, 7) is -2.05. The molecule has 1 aromatic heterocycles. The lowest BCUT2D eigenvalue weighted by atomic mass is 10.2. The van der Waals surface area contributed by atoms with Crippen LogP contribution in [0.2, 0.25) is 5.02 Å². The summed E-state index contributed by atoms with van der Waals surface area (Å²) >= 11 is 5.95. The fraction of sp³-hybridized carbons (Fsp3) is 0.375. The van der Waals surface area contributed by atoms with Crippen molar-refractivity contribution in [2.75, 3.05) is 14.1 Å². The van der Waals surface area contributed by atoms with Crippen molar-refractivity contribution < 1.29 is 13.5 Å². The van der Waals surface area contributed by atoms with E-state index in [0.717, 1.165) is 5.56 Å². The highest BCUT2D eigenvalue weighted by Crippen LogP contribution is 2.24. The van der Waals surface area contributed by atoms with Crippen LogP contribution in [0.3, 0.4) is 0 Å². The Hall–Kier alpha value is -1.62. The molecule has 0 aliphatic heterocycles. The van der Waals surface area contributed by atoms with Crippen LogP contribution in [0.25, 0.3) is 0 Å². The van der Waals surface area contributed by atoms with Crippen molar-refractivity contribution >= 4 is 41.5 Å². The Labute approximate surface area is 173 Å². The monoisotopic (exact) mass is 499 g/mol. The van der Waals surface area contributed by atoms with Crippen molar-refractivity contribution in [1.82, 2.24) is 20.0 Å². The number of hydrogen-bond donors (Lipinski definition) is 1. The highest BCUT2D eigenvalue weighted by molar-refractivity contribution is 14.0. The van der Waals surface area contributed by atoms with E-state index in [4.69, 9.17) is 11.6 Å². The predicted molar refractivity (Wildman–Crippen MR) is 108 cm³/mol. The third-order valence-corrected chi connectivity index (χ3v) is 3.66. The minimum Gasteiger partial charge on any atom is -0.434 e. The molecule has 26 heavy (non-hydrogen) atoms. The van der Waals surface area contributed by atoms with Gasteiger partial charge in [-0.1, -0.05) is 11.6 Å². The van der Waals surface area contributed by atoms with E-state index in [1.165, 1.54) is 12.1 Å². The molecule has 2 rings (SSSR count). The number of nitrogens with one attached hydrogen (secondary N) is 1. The summed E-state index contributed by atoms with van der Waals surface area (Å²) < 4.78 is 31.3. The first-order chi connectivity index (χ1) is 11.9. The fourth-order valence-corrected chi connectivity index (χ4v) is 2.55. The van der Waals surface area contributed by atoms with E-state index in [0.29, 0.717) is 23.1 Å². The van der Waals surface area contributed by atoms with Crippen LogP contribution in [0.15, 0.2) is 35.6 Å². The van der Waals surface area contributed by atoms with Gasteiger partial charge in [0.15, 0.2) is 5.96 Å². The molecule has 0 aliphatic carbocycles. The zero-order chi connectivity index (χ0) is 18.4. The van der Waals surface area contributed by atoms with Crippen molar-refractivity contribution in [2.24, 2.45) is 12.0 Å². The van der Waals surface area contributed by atoms with Gasteiger partial charge in [0.1, 0.15) is 5.75 Å². The molecule has 0 bridgehead atoms. The molecule has 6 nitrogen and oxygen atoms in total. The first-order valence-electron chi connectivity index (χ1n) is 7.51. The number of benzene rings is 1. The molecule has 0 saturated heterocycles. The van der Waals surface area contributed by atoms with Crippen LogP contribution < -0.4 is 10.1 Å². The van der Waals surface area contributed by atoms with Gasteiger partial charge >= 0.3 is 6.61 Å². The molecule has 0 amide bonds. The molecule has 0 saturated carbocycles. The van der Waals surface area contributed by atoms with Gasteiger partial charge in [-0.15, -0.1) is 24.0 Å². The number of ether oxygens (including phenoxy) is 1. The van der Waals surface area contributed by atoms with Crippen molar-refractivity contribution in [1.29, 1.82) is 0 Å². The lowest BCUT2D eigenvalue weighted by Gasteiger charge is -2.22. The van der Waals surface area contributed by atoms with Gasteiger partial charge in [-0.25, -0.2) is 0 Å². The second-order valence-electron chi connectivity index (χ2n) is 5.41. The Bertz CT molecular complexity index is 741. The van der Waals surface area contributed by atoms with Gasteiger partial charge in [0.25, 0.3) is 0 Å². The summed E-state index contributed by atoms with van der Waals surface area (Å²) in [5.74, 6) is 0.684. The molecule has 1 N–H and O–H groups in total. The summed E-state index contributed by atoms with van der Waals surface area (Å²) in [6.07, 6.45) is 3.69. The Morgan fingerprint density at radius 3 is 2.77 bits per heavy atom. The van der Waals surface area contributed by atoms with Crippen LogP contribution in [0.1, 0.15) is 11.1 Å². The van der Waals surface area contributed by atoms with Gasteiger partial charge in [-0.3, -0.25) is 9.67 Å². The van der Waals surface area contributed by atoms with Crippen LogP contribution in [0.4, 0.5) is 8.78 Å². The second kappa shape index (κ2) is 10.5. The first kappa shape index (κ1) is 22.4. The molecule has 1 aromatic carbocycles. The van der Waals surface area contributed by atoms with Gasteiger partial charge < -0.3 is 15.0 Å². The van der Waals surface area contributed by atoms with Gasteiger partial charge in [0.05, 0.1) is 6.20 Å². The Balaban J connectivity index is 0.00000338. The van der Waals surface area contributed by atoms with Crippen LogP contribution in [0, 0.1) is 0 Å². The topological polar surface area (TPSA) is 54.7 Å². The quantitative estimate of drug-likeness (QED) is 0.376. The first-order valence-corrected chi connectivity index (χ1v) is 7.89. The number of aryl methyl sites for hydroxylation is 1. The maximum atomic E-state index is 12.5. The highest BCUT2D eigenvalue weighted by atomic mass is 127. The summed E-state index contributed by atoms with van der Waals surface area (Å²) in [6, 6.07) is 4.51. The van der Waals surface area contributed by atoms with E-state index >= 15 is 0 Å². The normalized spacial score (nSPS) is 11.3.